The van der Waals surface area contributed by atoms with E-state index in [0.29, 0.717) is 35.6 Å². The normalized spacial score (nSPS) is 56.9. The molecular formula is C30H44N2O2. The van der Waals surface area contributed by atoms with E-state index in [0.717, 1.165) is 36.5 Å². The van der Waals surface area contributed by atoms with Crippen LogP contribution in [0.1, 0.15) is 85.0 Å². The fourth-order valence-electron chi connectivity index (χ4n) is 11.7. The fraction of sp³-hybridized carbons (Fsp3) is 0.867. The molecule has 0 radical (unpaired) electrons. The summed E-state index contributed by atoms with van der Waals surface area (Å²) in [6.45, 7) is 7.24. The quantitative estimate of drug-likeness (QED) is 0.598. The summed E-state index contributed by atoms with van der Waals surface area (Å²) in [5.41, 5.74) is 0.198. The van der Waals surface area contributed by atoms with E-state index in [1.165, 1.54) is 51.4 Å². The van der Waals surface area contributed by atoms with Crippen LogP contribution in [0.5, 0.6) is 0 Å². The van der Waals surface area contributed by atoms with Gasteiger partial charge in [-0.15, -0.1) is 0 Å². The standard InChI is InChI=1S/C30H44N2O2/c1-16-10-23-21-4-5-24-29(2,9-7-25(33)31-24)22(21)6-8-30(23,3)26(16)28(34)32-27-19-12-17-11-18(14-19)15-20(27)13-17/h7,9,16-24,26-27H,4-6,8,10-15H2,1-3H3,(H,31,33)(H,32,34)/t16?,17?,18?,19?,20?,21-,22-,23+,24?,26?,27?,29-,30+/m1/s1. The molecule has 8 aliphatic rings. The maximum atomic E-state index is 14.0. The van der Waals surface area contributed by atoms with Gasteiger partial charge in [-0.1, -0.05) is 26.8 Å². The molecule has 4 bridgehead atoms. The van der Waals surface area contributed by atoms with Gasteiger partial charge in [-0.25, -0.2) is 0 Å². The van der Waals surface area contributed by atoms with Gasteiger partial charge in [-0.2, -0.15) is 0 Å². The van der Waals surface area contributed by atoms with Crippen LogP contribution in [-0.2, 0) is 9.59 Å². The Bertz CT molecular complexity index is 899. The maximum absolute atomic E-state index is 14.0. The molecule has 8 rings (SSSR count). The zero-order chi connectivity index (χ0) is 23.4. The SMILES string of the molecule is CC1C[C@H]2[C@@H]3CCC4NC(=O)C=C[C@]4(C)[C@@H]3CC[C@]2(C)C1C(=O)NC1C2CC3CC(C2)CC1C3. The Labute approximate surface area is 205 Å². The number of carbonyl (C=O) groups excluding carboxylic acids is 2. The second-order valence-electron chi connectivity index (χ2n) is 14.4. The maximum Gasteiger partial charge on any atom is 0.243 e. The topological polar surface area (TPSA) is 58.2 Å². The van der Waals surface area contributed by atoms with E-state index in [9.17, 15) is 9.59 Å². The number of hydrogen-bond donors (Lipinski definition) is 2. The molecule has 2 amide bonds. The molecule has 34 heavy (non-hydrogen) atoms. The van der Waals surface area contributed by atoms with Crippen molar-refractivity contribution < 1.29 is 9.59 Å². The molecule has 0 aromatic heterocycles. The van der Waals surface area contributed by atoms with E-state index < -0.39 is 0 Å². The Morgan fingerprint density at radius 1 is 0.971 bits per heavy atom. The van der Waals surface area contributed by atoms with E-state index in [1.54, 1.807) is 6.08 Å². The first-order valence-corrected chi connectivity index (χ1v) is 14.6. The minimum Gasteiger partial charge on any atom is -0.353 e. The van der Waals surface area contributed by atoms with Gasteiger partial charge in [0.2, 0.25) is 11.8 Å². The van der Waals surface area contributed by atoms with Crippen LogP contribution < -0.4 is 10.6 Å². The molecule has 0 saturated heterocycles. The van der Waals surface area contributed by atoms with Gasteiger partial charge in [0.05, 0.1) is 0 Å². The summed E-state index contributed by atoms with van der Waals surface area (Å²) in [6.07, 6.45) is 16.8. The summed E-state index contributed by atoms with van der Waals surface area (Å²) < 4.78 is 0. The number of carbonyl (C=O) groups is 2. The molecule has 7 saturated carbocycles. The summed E-state index contributed by atoms with van der Waals surface area (Å²) >= 11 is 0. The van der Waals surface area contributed by atoms with Crippen molar-refractivity contribution in [3.63, 3.8) is 0 Å². The third-order valence-corrected chi connectivity index (χ3v) is 12.8. The molecule has 1 heterocycles. The number of fused-ring (bicyclic) bond motifs is 5. The first kappa shape index (κ1) is 21.9. The number of rotatable bonds is 2. The van der Waals surface area contributed by atoms with Crippen LogP contribution in [0.2, 0.25) is 0 Å². The monoisotopic (exact) mass is 464 g/mol. The lowest BCUT2D eigenvalue weighted by Crippen LogP contribution is -2.60. The van der Waals surface area contributed by atoms with E-state index in [-0.39, 0.29) is 28.7 Å². The Morgan fingerprint density at radius 3 is 2.38 bits per heavy atom. The van der Waals surface area contributed by atoms with Crippen molar-refractivity contribution in [3.05, 3.63) is 12.2 Å². The van der Waals surface area contributed by atoms with Gasteiger partial charge < -0.3 is 10.6 Å². The lowest BCUT2D eigenvalue weighted by Gasteiger charge is -2.59. The molecule has 8 atom stereocenters. The van der Waals surface area contributed by atoms with Crippen LogP contribution in [0, 0.1) is 64.1 Å². The van der Waals surface area contributed by atoms with E-state index >= 15 is 0 Å². The van der Waals surface area contributed by atoms with E-state index in [2.05, 4.69) is 37.5 Å². The number of nitrogens with one attached hydrogen (secondary N) is 2. The molecular weight excluding hydrogens is 420 g/mol. The van der Waals surface area contributed by atoms with Crippen molar-refractivity contribution in [2.24, 2.45) is 64.1 Å². The Morgan fingerprint density at radius 2 is 1.68 bits per heavy atom. The van der Waals surface area contributed by atoms with Crippen LogP contribution >= 0.6 is 0 Å². The highest BCUT2D eigenvalue weighted by Gasteiger charge is 2.63. The van der Waals surface area contributed by atoms with Crippen LogP contribution in [0.15, 0.2) is 12.2 Å². The summed E-state index contributed by atoms with van der Waals surface area (Å²) in [4.78, 5) is 26.1. The average Bonchev–Trinajstić information content (AvgIpc) is 3.06. The summed E-state index contributed by atoms with van der Waals surface area (Å²) in [5, 5.41) is 7.00. The van der Waals surface area contributed by atoms with Crippen molar-refractivity contribution >= 4 is 11.8 Å². The smallest absolute Gasteiger partial charge is 0.243 e. The molecule has 7 aliphatic carbocycles. The molecule has 186 valence electrons. The van der Waals surface area contributed by atoms with Crippen molar-refractivity contribution in [2.45, 2.75) is 97.1 Å². The zero-order valence-electron chi connectivity index (χ0n) is 21.4. The molecule has 4 heteroatoms. The lowest BCUT2D eigenvalue weighted by atomic mass is 9.48. The largest absolute Gasteiger partial charge is 0.353 e. The van der Waals surface area contributed by atoms with Gasteiger partial charge >= 0.3 is 0 Å². The van der Waals surface area contributed by atoms with Crippen LogP contribution in [0.3, 0.4) is 0 Å². The minimum absolute atomic E-state index is 0.0716. The number of hydrogen-bond acceptors (Lipinski definition) is 2. The van der Waals surface area contributed by atoms with Crippen molar-refractivity contribution in [1.82, 2.24) is 10.6 Å². The third-order valence-electron chi connectivity index (χ3n) is 12.8. The molecule has 4 nitrogen and oxygen atoms in total. The summed E-state index contributed by atoms with van der Waals surface area (Å²) in [7, 11) is 0. The Hall–Kier alpha value is -1.32. The van der Waals surface area contributed by atoms with E-state index in [4.69, 9.17) is 0 Å². The number of amides is 2. The average molecular weight is 465 g/mol. The van der Waals surface area contributed by atoms with E-state index in [1.807, 2.05) is 0 Å². The molecule has 3 unspecified atom stereocenters. The predicted molar refractivity (Wildman–Crippen MR) is 132 cm³/mol. The minimum atomic E-state index is 0.0716. The fourth-order valence-corrected chi connectivity index (χ4v) is 11.7. The second-order valence-corrected chi connectivity index (χ2v) is 14.4. The highest BCUT2D eigenvalue weighted by atomic mass is 16.2. The molecule has 0 aromatic carbocycles. The summed E-state index contributed by atoms with van der Waals surface area (Å²) in [6, 6.07) is 0.738. The predicted octanol–water partition coefficient (Wildman–Crippen LogP) is 5.09. The van der Waals surface area contributed by atoms with Crippen molar-refractivity contribution in [3.8, 4) is 0 Å². The van der Waals surface area contributed by atoms with Crippen LogP contribution in [-0.4, -0.2) is 23.9 Å². The Kier molecular flexibility index (Phi) is 4.74. The van der Waals surface area contributed by atoms with Gasteiger partial charge in [0.1, 0.15) is 0 Å². The highest BCUT2D eigenvalue weighted by molar-refractivity contribution is 5.89. The Balaban J connectivity index is 1.12. The third kappa shape index (κ3) is 2.95. The van der Waals surface area contributed by atoms with Crippen molar-refractivity contribution in [1.29, 1.82) is 0 Å². The van der Waals surface area contributed by atoms with Crippen molar-refractivity contribution in [2.75, 3.05) is 0 Å². The summed E-state index contributed by atoms with van der Waals surface area (Å²) in [5.74, 6) is 6.47. The van der Waals surface area contributed by atoms with Gasteiger partial charge in [-0.3, -0.25) is 9.59 Å². The zero-order valence-corrected chi connectivity index (χ0v) is 21.4. The van der Waals surface area contributed by atoms with Gasteiger partial charge in [0.25, 0.3) is 0 Å². The van der Waals surface area contributed by atoms with Gasteiger partial charge in [-0.05, 0) is 123 Å². The molecule has 0 spiro atoms. The first-order chi connectivity index (χ1) is 16.3. The molecule has 2 N–H and O–H groups in total. The lowest BCUT2D eigenvalue weighted by molar-refractivity contribution is -0.138. The molecule has 7 fully saturated rings. The van der Waals surface area contributed by atoms with Crippen LogP contribution in [0.4, 0.5) is 0 Å². The van der Waals surface area contributed by atoms with Gasteiger partial charge in [0.15, 0.2) is 0 Å². The first-order valence-electron chi connectivity index (χ1n) is 14.6. The highest BCUT2D eigenvalue weighted by Crippen LogP contribution is 2.66. The molecule has 0 aromatic rings. The molecule has 1 aliphatic heterocycles. The second kappa shape index (κ2) is 7.35. The van der Waals surface area contributed by atoms with Gasteiger partial charge in [0, 0.05) is 23.4 Å². The van der Waals surface area contributed by atoms with Crippen LogP contribution in [0.25, 0.3) is 0 Å².